The number of nitro benzene ring substituents is 1. The van der Waals surface area contributed by atoms with E-state index in [4.69, 9.17) is 16.3 Å². The van der Waals surface area contributed by atoms with Crippen molar-refractivity contribution in [2.75, 3.05) is 23.0 Å². The number of carbonyl (C=O) groups excluding carboxylic acids is 1. The van der Waals surface area contributed by atoms with Crippen molar-refractivity contribution in [3.05, 3.63) is 57.6 Å². The lowest BCUT2D eigenvalue weighted by molar-refractivity contribution is -0.384. The number of hydrogen-bond donors (Lipinski definition) is 1. The van der Waals surface area contributed by atoms with Crippen LogP contribution in [0.3, 0.4) is 0 Å². The fourth-order valence-electron chi connectivity index (χ4n) is 2.76. The maximum Gasteiger partial charge on any atom is 0.271 e. The number of hydrogen-bond acceptors (Lipinski definition) is 6. The molecule has 0 spiro atoms. The molecular weight excluding hydrogens is 422 g/mol. The fraction of sp³-hybridized carbons (Fsp3) is 0.278. The molecule has 0 bridgehead atoms. The van der Waals surface area contributed by atoms with Crippen LogP contribution in [0.1, 0.15) is 13.3 Å². The quantitative estimate of drug-likeness (QED) is 0.495. The Morgan fingerprint density at radius 2 is 1.90 bits per heavy atom. The summed E-state index contributed by atoms with van der Waals surface area (Å²) in [5.41, 5.74) is 0.00188. The molecule has 0 aliphatic carbocycles. The van der Waals surface area contributed by atoms with Crippen LogP contribution in [0.5, 0.6) is 5.75 Å². The van der Waals surface area contributed by atoms with Gasteiger partial charge in [0.15, 0.2) is 0 Å². The number of benzene rings is 2. The van der Waals surface area contributed by atoms with E-state index in [0.29, 0.717) is 10.7 Å². The van der Waals surface area contributed by atoms with Crippen molar-refractivity contribution in [2.45, 2.75) is 19.4 Å². The van der Waals surface area contributed by atoms with E-state index in [1.807, 2.05) is 0 Å². The molecule has 0 fully saturated rings. The highest BCUT2D eigenvalue weighted by molar-refractivity contribution is 7.92. The topological polar surface area (TPSA) is 119 Å². The molecule has 0 saturated carbocycles. The molecule has 0 aliphatic rings. The number of non-ortho nitro benzene ring substituents is 1. The fourth-order valence-corrected chi connectivity index (χ4v) is 4.09. The van der Waals surface area contributed by atoms with E-state index in [1.54, 1.807) is 31.2 Å². The van der Waals surface area contributed by atoms with Crippen molar-refractivity contribution in [1.82, 2.24) is 0 Å². The summed E-state index contributed by atoms with van der Waals surface area (Å²) in [7, 11) is -2.69. The summed E-state index contributed by atoms with van der Waals surface area (Å²) in [5, 5.41) is 14.3. The van der Waals surface area contributed by atoms with Gasteiger partial charge in [-0.1, -0.05) is 18.5 Å². The van der Waals surface area contributed by atoms with E-state index in [9.17, 15) is 23.3 Å². The minimum atomic E-state index is -4.00. The van der Waals surface area contributed by atoms with Crippen LogP contribution >= 0.6 is 11.6 Å². The van der Waals surface area contributed by atoms with E-state index >= 15 is 0 Å². The Hall–Kier alpha value is -2.85. The van der Waals surface area contributed by atoms with Crippen LogP contribution in [0, 0.1) is 10.1 Å². The van der Waals surface area contributed by atoms with Crippen molar-refractivity contribution >= 4 is 44.6 Å². The molecule has 9 nitrogen and oxygen atoms in total. The molecule has 156 valence electrons. The summed E-state index contributed by atoms with van der Waals surface area (Å²) in [6.45, 7) is 1.63. The summed E-state index contributed by atoms with van der Waals surface area (Å²) in [6, 6.07) is 8.69. The van der Waals surface area contributed by atoms with E-state index < -0.39 is 26.9 Å². The van der Waals surface area contributed by atoms with Gasteiger partial charge >= 0.3 is 0 Å². The van der Waals surface area contributed by atoms with Crippen LogP contribution < -0.4 is 14.4 Å². The van der Waals surface area contributed by atoms with Crippen molar-refractivity contribution < 1.29 is 22.9 Å². The van der Waals surface area contributed by atoms with Crippen molar-refractivity contribution in [3.8, 4) is 5.75 Å². The molecule has 0 radical (unpaired) electrons. The van der Waals surface area contributed by atoms with E-state index in [0.717, 1.165) is 16.6 Å². The minimum Gasteiger partial charge on any atom is -0.495 e. The number of carbonyl (C=O) groups is 1. The average Bonchev–Trinajstić information content (AvgIpc) is 2.66. The number of nitro groups is 1. The molecule has 11 heteroatoms. The lowest BCUT2D eigenvalue weighted by Crippen LogP contribution is -2.47. The van der Waals surface area contributed by atoms with Gasteiger partial charge in [0.25, 0.3) is 5.69 Å². The second-order valence-corrected chi connectivity index (χ2v) is 8.39. The van der Waals surface area contributed by atoms with E-state index in [1.165, 1.54) is 19.2 Å². The van der Waals surface area contributed by atoms with Gasteiger partial charge in [0.2, 0.25) is 15.9 Å². The molecular formula is C18H20ClN3O6S. The third-order valence-corrected chi connectivity index (χ3v) is 5.47. The maximum absolute atomic E-state index is 12.9. The Balaban J connectivity index is 2.53. The number of halogens is 1. The number of sulfonamides is 1. The van der Waals surface area contributed by atoms with E-state index in [-0.39, 0.29) is 23.5 Å². The zero-order valence-electron chi connectivity index (χ0n) is 16.0. The number of rotatable bonds is 8. The third kappa shape index (κ3) is 5.36. The van der Waals surface area contributed by atoms with Gasteiger partial charge in [-0.15, -0.1) is 0 Å². The minimum absolute atomic E-state index is 0.0822. The maximum atomic E-state index is 12.9. The first-order valence-electron chi connectivity index (χ1n) is 8.46. The predicted octanol–water partition coefficient (Wildman–Crippen LogP) is 3.44. The molecule has 1 unspecified atom stereocenters. The lowest BCUT2D eigenvalue weighted by Gasteiger charge is -2.30. The van der Waals surface area contributed by atoms with Crippen molar-refractivity contribution in [2.24, 2.45) is 0 Å². The van der Waals surface area contributed by atoms with Gasteiger partial charge in [-0.05, 0) is 36.8 Å². The van der Waals surface area contributed by atoms with E-state index in [2.05, 4.69) is 5.32 Å². The van der Waals surface area contributed by atoms with Gasteiger partial charge in [-0.2, -0.15) is 0 Å². The number of nitrogens with zero attached hydrogens (tertiary/aromatic N) is 2. The number of methoxy groups -OCH3 is 1. The Morgan fingerprint density at radius 1 is 1.28 bits per heavy atom. The molecule has 2 aromatic carbocycles. The second kappa shape index (κ2) is 9.10. The summed E-state index contributed by atoms with van der Waals surface area (Å²) in [5.74, 6) is -0.521. The predicted molar refractivity (Wildman–Crippen MR) is 111 cm³/mol. The van der Waals surface area contributed by atoms with Gasteiger partial charge < -0.3 is 10.1 Å². The van der Waals surface area contributed by atoms with Crippen LogP contribution in [-0.2, 0) is 14.8 Å². The number of nitrogens with one attached hydrogen (secondary N) is 1. The molecule has 0 aliphatic heterocycles. The number of anilines is 2. The molecule has 1 atom stereocenters. The normalized spacial score (nSPS) is 12.1. The highest BCUT2D eigenvalue weighted by Crippen LogP contribution is 2.35. The number of ether oxygens (including phenoxy) is 1. The highest BCUT2D eigenvalue weighted by atomic mass is 35.5. The molecule has 2 aromatic rings. The molecule has 0 heterocycles. The van der Waals surface area contributed by atoms with Crippen LogP contribution in [0.2, 0.25) is 5.02 Å². The first kappa shape index (κ1) is 22.4. The lowest BCUT2D eigenvalue weighted by atomic mass is 10.1. The molecule has 1 amide bonds. The first-order valence-corrected chi connectivity index (χ1v) is 10.7. The Bertz CT molecular complexity index is 1010. The zero-order chi connectivity index (χ0) is 21.8. The number of amides is 1. The second-order valence-electron chi connectivity index (χ2n) is 6.09. The van der Waals surface area contributed by atoms with Gasteiger partial charge in [-0.25, -0.2) is 8.42 Å². The molecule has 29 heavy (non-hydrogen) atoms. The van der Waals surface area contributed by atoms with Gasteiger partial charge in [0.05, 0.1) is 18.3 Å². The van der Waals surface area contributed by atoms with Crippen molar-refractivity contribution in [1.29, 1.82) is 0 Å². The Kier molecular flexibility index (Phi) is 7.04. The molecule has 1 N–H and O–H groups in total. The standard InChI is InChI=1S/C18H20ClN3O6S/c1-4-15(18(23)20-13-7-5-12(19)6-8-13)21(29(3,26)27)16-11-14(22(24)25)9-10-17(16)28-2/h5-11,15H,4H2,1-3H3,(H,20,23). The van der Waals surface area contributed by atoms with Crippen LogP contribution in [0.15, 0.2) is 42.5 Å². The Morgan fingerprint density at radius 3 is 2.38 bits per heavy atom. The third-order valence-electron chi connectivity index (χ3n) is 4.05. The van der Waals surface area contributed by atoms with Gasteiger partial charge in [-0.3, -0.25) is 19.2 Å². The van der Waals surface area contributed by atoms with Crippen LogP contribution in [0.4, 0.5) is 17.1 Å². The largest absolute Gasteiger partial charge is 0.495 e. The zero-order valence-corrected chi connectivity index (χ0v) is 17.5. The Labute approximate surface area is 173 Å². The average molecular weight is 442 g/mol. The molecule has 2 rings (SSSR count). The molecule has 0 aromatic heterocycles. The summed E-state index contributed by atoms with van der Waals surface area (Å²) >= 11 is 5.83. The van der Waals surface area contributed by atoms with Crippen LogP contribution in [-0.4, -0.2) is 38.7 Å². The SMILES string of the molecule is CCC(C(=O)Nc1ccc(Cl)cc1)N(c1cc([N+](=O)[O-])ccc1OC)S(C)(=O)=O. The van der Waals surface area contributed by atoms with Crippen LogP contribution in [0.25, 0.3) is 0 Å². The smallest absolute Gasteiger partial charge is 0.271 e. The molecule has 0 saturated heterocycles. The summed E-state index contributed by atoms with van der Waals surface area (Å²) in [6.07, 6.45) is 1.03. The van der Waals surface area contributed by atoms with Crippen molar-refractivity contribution in [3.63, 3.8) is 0 Å². The highest BCUT2D eigenvalue weighted by Gasteiger charge is 2.34. The van der Waals surface area contributed by atoms with Gasteiger partial charge in [0.1, 0.15) is 17.5 Å². The monoisotopic (exact) mass is 441 g/mol. The summed E-state index contributed by atoms with van der Waals surface area (Å²) < 4.78 is 31.2. The summed E-state index contributed by atoms with van der Waals surface area (Å²) in [4.78, 5) is 23.4. The van der Waals surface area contributed by atoms with Gasteiger partial charge in [0, 0.05) is 22.8 Å². The first-order chi connectivity index (χ1) is 13.6.